The summed E-state index contributed by atoms with van der Waals surface area (Å²) in [7, 11) is 1.35. The third-order valence-corrected chi connectivity index (χ3v) is 4.37. The molecule has 0 spiro atoms. The quantitative estimate of drug-likeness (QED) is 0.916. The number of hydrogen-bond donors (Lipinski definition) is 1. The van der Waals surface area contributed by atoms with Crippen molar-refractivity contribution in [2.45, 2.75) is 33.1 Å². The van der Waals surface area contributed by atoms with Gasteiger partial charge >= 0.3 is 6.09 Å². The first-order chi connectivity index (χ1) is 10.5. The van der Waals surface area contributed by atoms with Crippen molar-refractivity contribution in [3.8, 4) is 0 Å². The number of likely N-dealkylation sites (tertiary alicyclic amines) is 1. The van der Waals surface area contributed by atoms with Gasteiger partial charge in [-0.3, -0.25) is 4.79 Å². The highest BCUT2D eigenvalue weighted by Crippen LogP contribution is 2.22. The van der Waals surface area contributed by atoms with Gasteiger partial charge in [-0.2, -0.15) is 0 Å². The molecule has 0 bridgehead atoms. The van der Waals surface area contributed by atoms with E-state index in [0.717, 1.165) is 24.3 Å². The van der Waals surface area contributed by atoms with Gasteiger partial charge in [-0.25, -0.2) is 4.79 Å². The minimum absolute atomic E-state index is 0.110. The number of nitrogens with one attached hydrogen (secondary N) is 1. The van der Waals surface area contributed by atoms with E-state index in [9.17, 15) is 9.59 Å². The first-order valence-electron chi connectivity index (χ1n) is 7.45. The predicted octanol–water partition coefficient (Wildman–Crippen LogP) is 2.15. The second kappa shape index (κ2) is 7.53. The molecule has 2 amide bonds. The first-order valence-corrected chi connectivity index (χ1v) is 8.27. The van der Waals surface area contributed by atoms with Crippen LogP contribution in [0.25, 0.3) is 0 Å². The number of amides is 2. The van der Waals surface area contributed by atoms with E-state index >= 15 is 0 Å². The molecule has 1 aliphatic heterocycles. The average Bonchev–Trinajstić information content (AvgIpc) is 2.92. The third-order valence-electron chi connectivity index (χ3n) is 3.50. The number of rotatable bonds is 4. The molecule has 122 valence electrons. The van der Waals surface area contributed by atoms with Gasteiger partial charge in [0.1, 0.15) is 5.01 Å². The van der Waals surface area contributed by atoms with Crippen LogP contribution < -0.4 is 5.32 Å². The van der Waals surface area contributed by atoms with Gasteiger partial charge in [0.25, 0.3) is 0 Å². The normalized spacial score (nSPS) is 18.4. The van der Waals surface area contributed by atoms with E-state index in [1.807, 2.05) is 0 Å². The smallest absolute Gasteiger partial charge is 0.409 e. The van der Waals surface area contributed by atoms with Gasteiger partial charge in [-0.1, -0.05) is 25.2 Å². The molecule has 0 unspecified atom stereocenters. The van der Waals surface area contributed by atoms with Crippen molar-refractivity contribution in [2.75, 3.05) is 25.5 Å². The van der Waals surface area contributed by atoms with E-state index in [1.54, 1.807) is 4.90 Å². The molecular weight excluding hydrogens is 304 g/mol. The number of anilines is 1. The van der Waals surface area contributed by atoms with Gasteiger partial charge in [-0.05, 0) is 18.8 Å². The Labute approximate surface area is 134 Å². The summed E-state index contributed by atoms with van der Waals surface area (Å²) in [6, 6.07) is 0. The van der Waals surface area contributed by atoms with Crippen LogP contribution in [0.5, 0.6) is 0 Å². The van der Waals surface area contributed by atoms with E-state index in [0.29, 0.717) is 24.1 Å². The summed E-state index contributed by atoms with van der Waals surface area (Å²) in [5.74, 6) is 0.162. The number of aromatic nitrogens is 2. The van der Waals surface area contributed by atoms with Crippen molar-refractivity contribution in [3.05, 3.63) is 5.01 Å². The predicted molar refractivity (Wildman–Crippen MR) is 83.8 cm³/mol. The van der Waals surface area contributed by atoms with Crippen LogP contribution in [0.15, 0.2) is 0 Å². The maximum absolute atomic E-state index is 12.3. The van der Waals surface area contributed by atoms with Crippen molar-refractivity contribution in [2.24, 2.45) is 11.8 Å². The van der Waals surface area contributed by atoms with Gasteiger partial charge in [0, 0.05) is 19.5 Å². The molecule has 1 saturated heterocycles. The summed E-state index contributed by atoms with van der Waals surface area (Å²) in [6.07, 6.45) is 2.03. The Hall–Kier alpha value is -1.70. The van der Waals surface area contributed by atoms with Crippen LogP contribution in [0.3, 0.4) is 0 Å². The minimum Gasteiger partial charge on any atom is -0.453 e. The van der Waals surface area contributed by atoms with E-state index in [4.69, 9.17) is 4.74 Å². The van der Waals surface area contributed by atoms with Gasteiger partial charge < -0.3 is 15.0 Å². The topological polar surface area (TPSA) is 84.4 Å². The second-order valence-corrected chi connectivity index (χ2v) is 6.91. The van der Waals surface area contributed by atoms with Crippen molar-refractivity contribution < 1.29 is 14.3 Å². The van der Waals surface area contributed by atoms with Crippen LogP contribution in [-0.2, 0) is 16.0 Å². The summed E-state index contributed by atoms with van der Waals surface area (Å²) in [5, 5.41) is 12.3. The fourth-order valence-electron chi connectivity index (χ4n) is 2.43. The molecule has 0 radical (unpaired) electrons. The van der Waals surface area contributed by atoms with E-state index in [-0.39, 0.29) is 17.9 Å². The lowest BCUT2D eigenvalue weighted by Crippen LogP contribution is -2.43. The molecule has 1 N–H and O–H groups in total. The largest absolute Gasteiger partial charge is 0.453 e. The SMILES string of the molecule is COC(=O)N1CCC[C@@H](C(=O)Nc2nnc(CC(C)C)s2)C1. The number of carbonyl (C=O) groups excluding carboxylic acids is 2. The highest BCUT2D eigenvalue weighted by molar-refractivity contribution is 7.15. The maximum atomic E-state index is 12.3. The van der Waals surface area contributed by atoms with Gasteiger partial charge in [0.2, 0.25) is 11.0 Å². The zero-order chi connectivity index (χ0) is 16.1. The van der Waals surface area contributed by atoms with Crippen LogP contribution >= 0.6 is 11.3 Å². The number of carbonyl (C=O) groups is 2. The van der Waals surface area contributed by atoms with Crippen molar-refractivity contribution in [1.29, 1.82) is 0 Å². The maximum Gasteiger partial charge on any atom is 0.409 e. The van der Waals surface area contributed by atoms with Crippen molar-refractivity contribution >= 4 is 28.5 Å². The number of methoxy groups -OCH3 is 1. The molecule has 1 aliphatic rings. The summed E-state index contributed by atoms with van der Waals surface area (Å²) >= 11 is 1.41. The van der Waals surface area contributed by atoms with Crippen LogP contribution in [0.1, 0.15) is 31.7 Å². The summed E-state index contributed by atoms with van der Waals surface area (Å²) in [4.78, 5) is 25.4. The summed E-state index contributed by atoms with van der Waals surface area (Å²) in [6.45, 7) is 5.25. The second-order valence-electron chi connectivity index (χ2n) is 5.84. The monoisotopic (exact) mass is 326 g/mol. The van der Waals surface area contributed by atoms with Crippen molar-refractivity contribution in [1.82, 2.24) is 15.1 Å². The fraction of sp³-hybridized carbons (Fsp3) is 0.714. The molecule has 1 aromatic rings. The Morgan fingerprint density at radius 1 is 1.45 bits per heavy atom. The van der Waals surface area contributed by atoms with Gasteiger partial charge in [-0.15, -0.1) is 10.2 Å². The molecule has 7 nitrogen and oxygen atoms in total. The molecule has 0 saturated carbocycles. The van der Waals surface area contributed by atoms with Crippen LogP contribution in [0.2, 0.25) is 0 Å². The Morgan fingerprint density at radius 3 is 2.91 bits per heavy atom. The lowest BCUT2D eigenvalue weighted by Gasteiger charge is -2.30. The number of hydrogen-bond acceptors (Lipinski definition) is 6. The molecule has 22 heavy (non-hydrogen) atoms. The molecule has 2 rings (SSSR count). The Bertz CT molecular complexity index is 532. The average molecular weight is 326 g/mol. The van der Waals surface area contributed by atoms with E-state index in [2.05, 4.69) is 29.4 Å². The Balaban J connectivity index is 1.91. The summed E-state index contributed by atoms with van der Waals surface area (Å²) in [5.41, 5.74) is 0. The number of ether oxygens (including phenoxy) is 1. The lowest BCUT2D eigenvalue weighted by molar-refractivity contribution is -0.121. The van der Waals surface area contributed by atoms with Crippen LogP contribution in [-0.4, -0.2) is 47.3 Å². The molecule has 0 aliphatic carbocycles. The molecule has 2 heterocycles. The highest BCUT2D eigenvalue weighted by atomic mass is 32.1. The Morgan fingerprint density at radius 2 is 2.23 bits per heavy atom. The Kier molecular flexibility index (Phi) is 5.70. The molecule has 8 heteroatoms. The minimum atomic E-state index is -0.382. The zero-order valence-electron chi connectivity index (χ0n) is 13.2. The molecule has 1 aromatic heterocycles. The highest BCUT2D eigenvalue weighted by Gasteiger charge is 2.29. The van der Waals surface area contributed by atoms with Crippen LogP contribution in [0, 0.1) is 11.8 Å². The van der Waals surface area contributed by atoms with Gasteiger partial charge in [0.05, 0.1) is 13.0 Å². The van der Waals surface area contributed by atoms with Crippen LogP contribution in [0.4, 0.5) is 9.93 Å². The number of piperidine rings is 1. The fourth-order valence-corrected chi connectivity index (χ4v) is 3.38. The first kappa shape index (κ1) is 16.7. The number of nitrogens with zero attached hydrogens (tertiary/aromatic N) is 3. The van der Waals surface area contributed by atoms with Crippen molar-refractivity contribution in [3.63, 3.8) is 0 Å². The lowest BCUT2D eigenvalue weighted by atomic mass is 9.97. The molecule has 1 atom stereocenters. The van der Waals surface area contributed by atoms with E-state index in [1.165, 1.54) is 18.4 Å². The molecule has 1 fully saturated rings. The summed E-state index contributed by atoms with van der Waals surface area (Å²) < 4.78 is 4.71. The molecule has 0 aromatic carbocycles. The van der Waals surface area contributed by atoms with Gasteiger partial charge in [0.15, 0.2) is 0 Å². The van der Waals surface area contributed by atoms with E-state index < -0.39 is 0 Å². The molecular formula is C14H22N4O3S. The zero-order valence-corrected chi connectivity index (χ0v) is 14.0. The third kappa shape index (κ3) is 4.40. The standard InChI is InChI=1S/C14H22N4O3S/c1-9(2)7-11-16-17-13(22-11)15-12(19)10-5-4-6-18(8-10)14(20)21-3/h9-10H,4-8H2,1-3H3,(H,15,17,19)/t10-/m1/s1.